The Kier molecular flexibility index (Phi) is 6.53. The van der Waals surface area contributed by atoms with Crippen LogP contribution in [-0.4, -0.2) is 42.2 Å². The lowest BCUT2D eigenvalue weighted by Crippen LogP contribution is -2.34. The maximum atomic E-state index is 12.6. The Bertz CT molecular complexity index is 684. The number of hydrogen-bond donors (Lipinski definition) is 1. The average molecular weight is 327 g/mol. The van der Waals surface area contributed by atoms with E-state index in [4.69, 9.17) is 4.74 Å². The summed E-state index contributed by atoms with van der Waals surface area (Å²) in [5.74, 6) is -0.0262. The first-order chi connectivity index (χ1) is 11.5. The van der Waals surface area contributed by atoms with Gasteiger partial charge in [0.15, 0.2) is 0 Å². The van der Waals surface area contributed by atoms with E-state index in [-0.39, 0.29) is 18.6 Å². The molecule has 1 atom stereocenters. The zero-order valence-corrected chi connectivity index (χ0v) is 14.5. The molecule has 2 aromatic rings. The molecule has 0 spiro atoms. The van der Waals surface area contributed by atoms with Gasteiger partial charge in [0.05, 0.1) is 12.7 Å². The summed E-state index contributed by atoms with van der Waals surface area (Å²) in [7, 11) is 1.79. The first-order valence-electron chi connectivity index (χ1n) is 8.22. The van der Waals surface area contributed by atoms with Crippen molar-refractivity contribution in [2.24, 2.45) is 0 Å². The Hall–Kier alpha value is -2.17. The van der Waals surface area contributed by atoms with Crippen LogP contribution in [0.25, 0.3) is 11.1 Å². The fraction of sp³-hybridized carbons (Fsp3) is 0.350. The van der Waals surface area contributed by atoms with Crippen LogP contribution in [0.15, 0.2) is 48.5 Å². The number of hydrogen-bond acceptors (Lipinski definition) is 3. The lowest BCUT2D eigenvalue weighted by Gasteiger charge is -2.21. The number of ether oxygens (including phenoxy) is 1. The second-order valence-corrected chi connectivity index (χ2v) is 5.89. The Morgan fingerprint density at radius 3 is 2.50 bits per heavy atom. The van der Waals surface area contributed by atoms with Crippen molar-refractivity contribution in [2.45, 2.75) is 26.6 Å². The summed E-state index contributed by atoms with van der Waals surface area (Å²) >= 11 is 0. The summed E-state index contributed by atoms with van der Waals surface area (Å²) in [5, 5.41) is 9.28. The molecule has 128 valence electrons. The van der Waals surface area contributed by atoms with Crippen LogP contribution in [0, 0.1) is 0 Å². The van der Waals surface area contributed by atoms with E-state index in [9.17, 15) is 9.90 Å². The molecule has 4 heteroatoms. The van der Waals surface area contributed by atoms with Gasteiger partial charge in [0.1, 0.15) is 0 Å². The quantitative estimate of drug-likeness (QED) is 0.848. The Morgan fingerprint density at radius 2 is 1.83 bits per heavy atom. The van der Waals surface area contributed by atoms with E-state index in [1.807, 2.05) is 62.4 Å². The molecule has 0 radical (unpaired) electrons. The van der Waals surface area contributed by atoms with E-state index in [0.29, 0.717) is 18.7 Å². The summed E-state index contributed by atoms with van der Waals surface area (Å²) in [5.41, 5.74) is 3.45. The topological polar surface area (TPSA) is 49.8 Å². The third kappa shape index (κ3) is 4.66. The molecule has 0 unspecified atom stereocenters. The first kappa shape index (κ1) is 18.2. The third-order valence-corrected chi connectivity index (χ3v) is 3.88. The second-order valence-electron chi connectivity index (χ2n) is 5.89. The number of aliphatic hydroxyl groups is 1. The summed E-state index contributed by atoms with van der Waals surface area (Å²) in [4.78, 5) is 14.3. The highest BCUT2D eigenvalue weighted by Gasteiger charge is 2.15. The van der Waals surface area contributed by atoms with Crippen LogP contribution >= 0.6 is 0 Å². The molecule has 0 bridgehead atoms. The molecule has 1 amide bonds. The van der Waals surface area contributed by atoms with Crippen LogP contribution < -0.4 is 0 Å². The molecule has 0 saturated carbocycles. The smallest absolute Gasteiger partial charge is 0.253 e. The second kappa shape index (κ2) is 8.62. The maximum Gasteiger partial charge on any atom is 0.253 e. The Morgan fingerprint density at radius 1 is 1.17 bits per heavy atom. The number of rotatable bonds is 7. The van der Waals surface area contributed by atoms with Crippen LogP contribution in [0.1, 0.15) is 29.8 Å². The molecule has 0 aliphatic carbocycles. The van der Waals surface area contributed by atoms with E-state index in [1.54, 1.807) is 11.9 Å². The molecule has 0 fully saturated rings. The van der Waals surface area contributed by atoms with Gasteiger partial charge in [-0.3, -0.25) is 4.79 Å². The van der Waals surface area contributed by atoms with Crippen molar-refractivity contribution in [3.05, 3.63) is 59.7 Å². The standard InChI is InChI=1S/C20H25NO3/c1-4-24-15(2)13-21(3)20(23)19-10-6-9-18(12-19)17-8-5-7-16(11-17)14-22/h5-12,15,22H,4,13-14H2,1-3H3/t15-/m1/s1. The van der Waals surface area contributed by atoms with Gasteiger partial charge >= 0.3 is 0 Å². The minimum atomic E-state index is -0.0262. The van der Waals surface area contributed by atoms with Gasteiger partial charge in [-0.15, -0.1) is 0 Å². The van der Waals surface area contributed by atoms with E-state index in [2.05, 4.69) is 0 Å². The van der Waals surface area contributed by atoms with Crippen molar-refractivity contribution in [2.75, 3.05) is 20.2 Å². The number of carbonyl (C=O) groups excluding carboxylic acids is 1. The van der Waals surface area contributed by atoms with Gasteiger partial charge in [-0.25, -0.2) is 0 Å². The molecule has 0 aromatic heterocycles. The van der Waals surface area contributed by atoms with Crippen molar-refractivity contribution in [3.63, 3.8) is 0 Å². The first-order valence-corrected chi connectivity index (χ1v) is 8.22. The molecule has 2 aromatic carbocycles. The van der Waals surface area contributed by atoms with Crippen molar-refractivity contribution in [3.8, 4) is 11.1 Å². The van der Waals surface area contributed by atoms with Crippen molar-refractivity contribution < 1.29 is 14.6 Å². The maximum absolute atomic E-state index is 12.6. The van der Waals surface area contributed by atoms with Crippen LogP contribution in [-0.2, 0) is 11.3 Å². The van der Waals surface area contributed by atoms with Crippen LogP contribution in [0.5, 0.6) is 0 Å². The van der Waals surface area contributed by atoms with Gasteiger partial charge in [0.2, 0.25) is 0 Å². The fourth-order valence-corrected chi connectivity index (χ4v) is 2.71. The Balaban J connectivity index is 2.18. The van der Waals surface area contributed by atoms with E-state index in [0.717, 1.165) is 16.7 Å². The Labute approximate surface area is 143 Å². The van der Waals surface area contributed by atoms with Crippen molar-refractivity contribution >= 4 is 5.91 Å². The monoisotopic (exact) mass is 327 g/mol. The molecule has 4 nitrogen and oxygen atoms in total. The lowest BCUT2D eigenvalue weighted by atomic mass is 10.0. The number of likely N-dealkylation sites (N-methyl/N-ethyl adjacent to an activating group) is 1. The van der Waals surface area contributed by atoms with Gasteiger partial charge in [-0.2, -0.15) is 0 Å². The molecule has 2 rings (SSSR count). The number of aliphatic hydroxyl groups excluding tert-OH is 1. The SMILES string of the molecule is CCO[C@H](C)CN(C)C(=O)c1cccc(-c2cccc(CO)c2)c1. The third-order valence-electron chi connectivity index (χ3n) is 3.88. The van der Waals surface area contributed by atoms with Crippen LogP contribution in [0.3, 0.4) is 0 Å². The number of carbonyl (C=O) groups is 1. The highest BCUT2D eigenvalue weighted by molar-refractivity contribution is 5.95. The normalized spacial score (nSPS) is 12.0. The minimum Gasteiger partial charge on any atom is -0.392 e. The minimum absolute atomic E-state index is 0.00448. The molecule has 24 heavy (non-hydrogen) atoms. The molecule has 0 aliphatic rings. The summed E-state index contributed by atoms with van der Waals surface area (Å²) < 4.78 is 5.50. The predicted molar refractivity (Wildman–Crippen MR) is 95.8 cm³/mol. The summed E-state index contributed by atoms with van der Waals surface area (Å²) in [6.07, 6.45) is 0.00775. The van der Waals surface area contributed by atoms with Gasteiger partial charge in [0, 0.05) is 25.8 Å². The van der Waals surface area contributed by atoms with Gasteiger partial charge in [-0.1, -0.05) is 30.3 Å². The molecular formula is C20H25NO3. The van der Waals surface area contributed by atoms with Crippen molar-refractivity contribution in [1.82, 2.24) is 4.90 Å². The zero-order valence-electron chi connectivity index (χ0n) is 14.5. The van der Waals surface area contributed by atoms with Gasteiger partial charge in [0.25, 0.3) is 5.91 Å². The fourth-order valence-electron chi connectivity index (χ4n) is 2.71. The molecule has 0 heterocycles. The number of amides is 1. The van der Waals surface area contributed by atoms with Gasteiger partial charge < -0.3 is 14.7 Å². The zero-order chi connectivity index (χ0) is 17.5. The highest BCUT2D eigenvalue weighted by Crippen LogP contribution is 2.22. The van der Waals surface area contributed by atoms with E-state index >= 15 is 0 Å². The molecule has 1 N–H and O–H groups in total. The number of nitrogens with zero attached hydrogens (tertiary/aromatic N) is 1. The highest BCUT2D eigenvalue weighted by atomic mass is 16.5. The number of benzene rings is 2. The van der Waals surface area contributed by atoms with Crippen molar-refractivity contribution in [1.29, 1.82) is 0 Å². The summed E-state index contributed by atoms with van der Waals surface area (Å²) in [6.45, 7) is 5.10. The lowest BCUT2D eigenvalue weighted by molar-refractivity contribution is 0.0436. The molecule has 0 aliphatic heterocycles. The van der Waals surface area contributed by atoms with Crippen LogP contribution in [0.2, 0.25) is 0 Å². The average Bonchev–Trinajstić information content (AvgIpc) is 2.61. The summed E-state index contributed by atoms with van der Waals surface area (Å²) in [6, 6.07) is 15.3. The predicted octanol–water partition coefficient (Wildman–Crippen LogP) is 3.34. The largest absolute Gasteiger partial charge is 0.392 e. The van der Waals surface area contributed by atoms with E-state index in [1.165, 1.54) is 0 Å². The van der Waals surface area contributed by atoms with Crippen LogP contribution in [0.4, 0.5) is 0 Å². The van der Waals surface area contributed by atoms with E-state index < -0.39 is 0 Å². The molecular weight excluding hydrogens is 302 g/mol. The molecule has 0 saturated heterocycles. The van der Waals surface area contributed by atoms with Gasteiger partial charge in [-0.05, 0) is 48.7 Å².